The van der Waals surface area contributed by atoms with E-state index in [1.807, 2.05) is 78.9 Å². The fourth-order valence-electron chi connectivity index (χ4n) is 6.89. The predicted molar refractivity (Wildman–Crippen MR) is 152 cm³/mol. The molecule has 0 radical (unpaired) electrons. The monoisotopic (exact) mass is 545 g/mol. The van der Waals surface area contributed by atoms with E-state index in [0.29, 0.717) is 10.6 Å². The molecule has 3 aliphatic carbocycles. The predicted octanol–water partition coefficient (Wildman–Crippen LogP) is 5.30. The van der Waals surface area contributed by atoms with Gasteiger partial charge in [0, 0.05) is 22.7 Å². The van der Waals surface area contributed by atoms with Gasteiger partial charge in [-0.05, 0) is 52.1 Å². The van der Waals surface area contributed by atoms with Gasteiger partial charge in [0.05, 0.1) is 23.8 Å². The average molecular weight is 546 g/mol. The topological polar surface area (TPSA) is 78.8 Å². The Morgan fingerprint density at radius 1 is 0.825 bits per heavy atom. The fourth-order valence-corrected chi connectivity index (χ4v) is 7.02. The molecule has 4 aliphatic rings. The van der Waals surface area contributed by atoms with Crippen LogP contribution in [-0.4, -0.2) is 28.8 Å². The van der Waals surface area contributed by atoms with Gasteiger partial charge < -0.3 is 0 Å². The fraction of sp³-hybridized carbons (Fsp3) is 0.152. The number of hydrazone groups is 1. The van der Waals surface area contributed by atoms with Gasteiger partial charge in [0.2, 0.25) is 11.8 Å². The van der Waals surface area contributed by atoms with Crippen LogP contribution in [0.4, 0.5) is 0 Å². The maximum atomic E-state index is 14.3. The number of benzene rings is 4. The van der Waals surface area contributed by atoms with Gasteiger partial charge in [-0.25, -0.2) is 5.43 Å². The molecule has 0 saturated carbocycles. The van der Waals surface area contributed by atoms with Crippen molar-refractivity contribution in [3.63, 3.8) is 0 Å². The molecule has 8 rings (SSSR count). The first-order valence-electron chi connectivity index (χ1n) is 13.2. The molecule has 2 atom stereocenters. The summed E-state index contributed by atoms with van der Waals surface area (Å²) >= 11 is 5.97. The summed E-state index contributed by atoms with van der Waals surface area (Å²) in [6.45, 7) is 0.214. The summed E-state index contributed by atoms with van der Waals surface area (Å²) in [5.41, 5.74) is 6.81. The third kappa shape index (κ3) is 3.49. The molecule has 2 bridgehead atoms. The highest BCUT2D eigenvalue weighted by Gasteiger charge is 2.67. The number of amides is 3. The van der Waals surface area contributed by atoms with Crippen molar-refractivity contribution in [2.24, 2.45) is 16.9 Å². The van der Waals surface area contributed by atoms with Gasteiger partial charge in [-0.1, -0.05) is 90.5 Å². The normalized spacial score (nSPS) is 24.1. The maximum absolute atomic E-state index is 14.3. The van der Waals surface area contributed by atoms with Crippen molar-refractivity contribution in [3.8, 4) is 0 Å². The molecule has 1 fully saturated rings. The van der Waals surface area contributed by atoms with Crippen molar-refractivity contribution in [2.45, 2.75) is 17.9 Å². The van der Waals surface area contributed by atoms with E-state index < -0.39 is 23.2 Å². The van der Waals surface area contributed by atoms with Crippen LogP contribution in [0.5, 0.6) is 0 Å². The molecule has 4 aromatic rings. The average Bonchev–Trinajstić information content (AvgIpc) is 3.24. The minimum Gasteiger partial charge on any atom is -0.278 e. The van der Waals surface area contributed by atoms with Crippen LogP contribution in [0.15, 0.2) is 108 Å². The number of carbonyl (C=O) groups excluding carboxylic acids is 3. The van der Waals surface area contributed by atoms with Gasteiger partial charge in [0.25, 0.3) is 5.91 Å². The third-order valence-electron chi connectivity index (χ3n) is 8.50. The molecule has 196 valence electrons. The first-order chi connectivity index (χ1) is 19.5. The second kappa shape index (κ2) is 9.28. The highest BCUT2D eigenvalue weighted by atomic mass is 35.5. The zero-order valence-corrected chi connectivity index (χ0v) is 22.1. The van der Waals surface area contributed by atoms with Gasteiger partial charge >= 0.3 is 0 Å². The van der Waals surface area contributed by atoms with E-state index in [2.05, 4.69) is 10.5 Å². The van der Waals surface area contributed by atoms with Gasteiger partial charge in [0.1, 0.15) is 0 Å². The summed E-state index contributed by atoms with van der Waals surface area (Å²) in [6.07, 6.45) is 1.67. The zero-order valence-electron chi connectivity index (χ0n) is 21.3. The molecule has 0 unspecified atom stereocenters. The van der Waals surface area contributed by atoms with Gasteiger partial charge in [0.15, 0.2) is 0 Å². The molecular formula is C33H24ClN3O3. The van der Waals surface area contributed by atoms with Crippen LogP contribution >= 0.6 is 11.6 Å². The Kier molecular flexibility index (Phi) is 5.68. The Morgan fingerprint density at radius 2 is 1.43 bits per heavy atom. The van der Waals surface area contributed by atoms with Crippen molar-refractivity contribution in [2.75, 3.05) is 0 Å². The summed E-state index contributed by atoms with van der Waals surface area (Å²) in [4.78, 5) is 42.6. The highest BCUT2D eigenvalue weighted by Crippen LogP contribution is 2.63. The number of rotatable bonds is 5. The number of nitrogens with zero attached hydrogens (tertiary/aromatic N) is 2. The van der Waals surface area contributed by atoms with Crippen LogP contribution in [0, 0.1) is 11.8 Å². The lowest BCUT2D eigenvalue weighted by Crippen LogP contribution is -2.54. The number of hydrogen-bond acceptors (Lipinski definition) is 4. The van der Waals surface area contributed by atoms with E-state index in [9.17, 15) is 14.4 Å². The quantitative estimate of drug-likeness (QED) is 0.210. The van der Waals surface area contributed by atoms with Crippen LogP contribution in [0.25, 0.3) is 0 Å². The van der Waals surface area contributed by atoms with Gasteiger partial charge in [-0.3, -0.25) is 19.3 Å². The van der Waals surface area contributed by atoms with Gasteiger partial charge in [-0.2, -0.15) is 5.10 Å². The zero-order chi connectivity index (χ0) is 27.4. The van der Waals surface area contributed by atoms with Crippen molar-refractivity contribution in [1.29, 1.82) is 0 Å². The van der Waals surface area contributed by atoms with E-state index in [0.717, 1.165) is 27.8 Å². The molecule has 0 aromatic heterocycles. The number of carbonyl (C=O) groups is 3. The number of hydrogen-bond donors (Lipinski definition) is 1. The number of halogens is 1. The molecule has 3 amide bonds. The van der Waals surface area contributed by atoms with Crippen LogP contribution in [0.1, 0.15) is 44.1 Å². The molecule has 6 nitrogen and oxygen atoms in total. The number of nitrogens with one attached hydrogen (secondary N) is 1. The Hall–Kier alpha value is -4.55. The molecule has 4 aromatic carbocycles. The van der Waals surface area contributed by atoms with Crippen molar-refractivity contribution in [1.82, 2.24) is 10.3 Å². The minimum absolute atomic E-state index is 0.171. The van der Waals surface area contributed by atoms with E-state index in [4.69, 9.17) is 11.6 Å². The first kappa shape index (κ1) is 24.5. The summed E-state index contributed by atoms with van der Waals surface area (Å²) in [7, 11) is 0. The van der Waals surface area contributed by atoms with E-state index >= 15 is 0 Å². The van der Waals surface area contributed by atoms with Crippen LogP contribution in [0.3, 0.4) is 0 Å². The lowest BCUT2D eigenvalue weighted by atomic mass is 9.47. The summed E-state index contributed by atoms with van der Waals surface area (Å²) < 4.78 is 0. The molecule has 1 saturated heterocycles. The number of likely N-dealkylation sites (tertiary alicyclic amines) is 1. The smallest absolute Gasteiger partial charge is 0.271 e. The maximum Gasteiger partial charge on any atom is 0.271 e. The van der Waals surface area contributed by atoms with Crippen molar-refractivity contribution >= 4 is 35.5 Å². The summed E-state index contributed by atoms with van der Waals surface area (Å²) in [5.74, 6) is -2.28. The van der Waals surface area contributed by atoms with Crippen molar-refractivity contribution in [3.05, 3.63) is 142 Å². The molecule has 40 heavy (non-hydrogen) atoms. The molecule has 7 heteroatoms. The second-order valence-corrected chi connectivity index (χ2v) is 10.9. The summed E-state index contributed by atoms with van der Waals surface area (Å²) in [5, 5.41) is 4.98. The molecular weight excluding hydrogens is 522 g/mol. The largest absolute Gasteiger partial charge is 0.278 e. The molecule has 1 heterocycles. The lowest BCUT2D eigenvalue weighted by molar-refractivity contribution is -0.140. The lowest BCUT2D eigenvalue weighted by Gasteiger charge is -2.52. The SMILES string of the molecule is O=C(N/N=C\C12c3ccccc3C(c3ccccc31)[C@@H]1C(=O)N(Cc3ccccc3)C(=O)[C@@H]12)c1ccc(Cl)cc1. The summed E-state index contributed by atoms with van der Waals surface area (Å²) in [6, 6.07) is 32.0. The highest BCUT2D eigenvalue weighted by molar-refractivity contribution is 6.30. The number of imide groups is 1. The third-order valence-corrected chi connectivity index (χ3v) is 8.75. The van der Waals surface area contributed by atoms with Gasteiger partial charge in [-0.15, -0.1) is 0 Å². The second-order valence-electron chi connectivity index (χ2n) is 10.5. The Morgan fingerprint density at radius 3 is 2.08 bits per heavy atom. The van der Waals surface area contributed by atoms with Crippen molar-refractivity contribution < 1.29 is 14.4 Å². The van der Waals surface area contributed by atoms with Crippen LogP contribution in [-0.2, 0) is 21.5 Å². The van der Waals surface area contributed by atoms with E-state index in [-0.39, 0.29) is 24.3 Å². The van der Waals surface area contributed by atoms with Crippen LogP contribution in [0.2, 0.25) is 5.02 Å². The van der Waals surface area contributed by atoms with E-state index in [1.54, 1.807) is 30.5 Å². The Bertz CT molecular complexity index is 1650. The standard InChI is InChI=1S/C33H24ClN3O3/c34-22-16-14-21(15-17-22)30(38)36-35-19-33-25-12-6-4-10-23(25)27(24-11-5-7-13-26(24)33)28-29(33)32(40)37(31(28)39)18-20-8-2-1-3-9-20/h1-17,19,27-29H,18H2,(H,36,38)/b35-19-/t27?,28-,29+,33?/m0/s1. The minimum atomic E-state index is -1.03. The molecule has 1 N–H and O–H groups in total. The Labute approximate surface area is 236 Å². The van der Waals surface area contributed by atoms with E-state index in [1.165, 1.54) is 4.90 Å². The Balaban J connectivity index is 1.36. The molecule has 0 spiro atoms. The molecule has 1 aliphatic heterocycles. The van der Waals surface area contributed by atoms with Crippen LogP contribution < -0.4 is 5.43 Å². The first-order valence-corrected chi connectivity index (χ1v) is 13.6.